The fourth-order valence-electron chi connectivity index (χ4n) is 0.613. The maximum absolute atomic E-state index is 5.67. The average Bonchev–Trinajstić information content (AvgIpc) is 2.10. The quantitative estimate of drug-likeness (QED) is 0.321. The van der Waals surface area contributed by atoms with Gasteiger partial charge < -0.3 is 0 Å². The van der Waals surface area contributed by atoms with E-state index < -0.39 is 13.9 Å². The Morgan fingerprint density at radius 3 is 2.00 bits per heavy atom. The molecule has 3 heteroatoms. The van der Waals surface area contributed by atoms with Gasteiger partial charge >= 0.3 is 0 Å². The predicted octanol–water partition coefficient (Wildman–Crippen LogP) is 3.91. The molecule has 0 radical (unpaired) electrons. The molecular weight excluding hydrogens is 216 g/mol. The van der Waals surface area contributed by atoms with Gasteiger partial charge in [0.1, 0.15) is 5.60 Å². The Bertz CT molecular complexity index is 290. The van der Waals surface area contributed by atoms with Crippen molar-refractivity contribution < 1.29 is 9.46 Å². The molecule has 0 aliphatic carbocycles. The molecule has 0 saturated heterocycles. The lowest BCUT2D eigenvalue weighted by Gasteiger charge is -2.36. The molecule has 0 bridgehead atoms. The highest BCUT2D eigenvalue weighted by molar-refractivity contribution is 6.73. The molecule has 0 rings (SSSR count). The van der Waals surface area contributed by atoms with Crippen LogP contribution in [0.2, 0.25) is 18.1 Å². The van der Waals surface area contributed by atoms with Gasteiger partial charge in [0.25, 0.3) is 0 Å². The van der Waals surface area contributed by atoms with Crippen LogP contribution in [-0.4, -0.2) is 13.9 Å². The summed E-state index contributed by atoms with van der Waals surface area (Å²) in [5, 5.41) is 0.138. The Kier molecular flexibility index (Phi) is 5.00. The second kappa shape index (κ2) is 5.18. The van der Waals surface area contributed by atoms with Gasteiger partial charge in [-0.25, -0.2) is 4.89 Å². The number of hydrogen-bond acceptors (Lipinski definition) is 2. The van der Waals surface area contributed by atoms with E-state index in [1.807, 2.05) is 19.9 Å². The third-order valence-electron chi connectivity index (χ3n) is 2.85. The van der Waals surface area contributed by atoms with Gasteiger partial charge in [-0.15, -0.1) is 6.42 Å². The molecule has 92 valence electrons. The van der Waals surface area contributed by atoms with Crippen LogP contribution in [-0.2, 0) is 9.46 Å². The van der Waals surface area contributed by atoms with Crippen molar-refractivity contribution in [3.63, 3.8) is 0 Å². The van der Waals surface area contributed by atoms with Crippen LogP contribution in [0.1, 0.15) is 34.6 Å². The third-order valence-corrected chi connectivity index (χ3v) is 6.96. The minimum Gasteiger partial charge on any atom is -0.285 e. The molecule has 16 heavy (non-hydrogen) atoms. The predicted molar refractivity (Wildman–Crippen MR) is 71.4 cm³/mol. The second-order valence-electron chi connectivity index (χ2n) is 6.03. The summed E-state index contributed by atoms with van der Waals surface area (Å²) in [6.45, 7) is 14.7. The van der Waals surface area contributed by atoms with E-state index in [2.05, 4.69) is 39.8 Å². The van der Waals surface area contributed by atoms with E-state index in [9.17, 15) is 0 Å². The van der Waals surface area contributed by atoms with Gasteiger partial charge in [0.2, 0.25) is 8.32 Å². The maximum Gasteiger partial charge on any atom is 0.238 e. The van der Waals surface area contributed by atoms with Crippen molar-refractivity contribution in [2.75, 3.05) is 0 Å². The van der Waals surface area contributed by atoms with E-state index >= 15 is 0 Å². The van der Waals surface area contributed by atoms with Crippen LogP contribution in [0, 0.1) is 12.3 Å². The van der Waals surface area contributed by atoms with E-state index in [0.717, 1.165) is 0 Å². The summed E-state index contributed by atoms with van der Waals surface area (Å²) >= 11 is 0. The van der Waals surface area contributed by atoms with Gasteiger partial charge in [0, 0.05) is 0 Å². The fourth-order valence-corrected chi connectivity index (χ4v) is 1.29. The summed E-state index contributed by atoms with van der Waals surface area (Å²) in [6, 6.07) is 0. The zero-order chi connectivity index (χ0) is 13.0. The normalized spacial score (nSPS) is 14.1. The van der Waals surface area contributed by atoms with Crippen molar-refractivity contribution in [3.05, 3.63) is 12.2 Å². The van der Waals surface area contributed by atoms with Crippen LogP contribution >= 0.6 is 0 Å². The number of hydrogen-bond donors (Lipinski definition) is 0. The van der Waals surface area contributed by atoms with Crippen molar-refractivity contribution in [3.8, 4) is 12.3 Å². The highest BCUT2D eigenvalue weighted by Crippen LogP contribution is 2.37. The molecule has 0 saturated carbocycles. The largest absolute Gasteiger partial charge is 0.285 e. The lowest BCUT2D eigenvalue weighted by Crippen LogP contribution is -2.43. The van der Waals surface area contributed by atoms with Crippen LogP contribution < -0.4 is 0 Å². The van der Waals surface area contributed by atoms with Crippen molar-refractivity contribution in [1.29, 1.82) is 0 Å². The van der Waals surface area contributed by atoms with Gasteiger partial charge in [-0.1, -0.05) is 26.7 Å². The Morgan fingerprint density at radius 1 is 1.12 bits per heavy atom. The molecule has 0 spiro atoms. The molecule has 0 N–H and O–H groups in total. The molecular formula is C13H24O2Si. The first-order valence-electron chi connectivity index (χ1n) is 5.52. The molecule has 2 nitrogen and oxygen atoms in total. The van der Waals surface area contributed by atoms with Gasteiger partial charge in [-0.3, -0.25) is 4.58 Å². The van der Waals surface area contributed by atoms with Crippen LogP contribution in [0.3, 0.4) is 0 Å². The van der Waals surface area contributed by atoms with E-state index in [4.69, 9.17) is 15.9 Å². The van der Waals surface area contributed by atoms with E-state index in [1.54, 1.807) is 6.08 Å². The summed E-state index contributed by atoms with van der Waals surface area (Å²) in [6.07, 6.45) is 8.62. The smallest absolute Gasteiger partial charge is 0.238 e. The third kappa shape index (κ3) is 4.98. The molecule has 0 aromatic rings. The monoisotopic (exact) mass is 240 g/mol. The fraction of sp³-hybridized carbons (Fsp3) is 0.692. The van der Waals surface area contributed by atoms with Gasteiger partial charge in [0.15, 0.2) is 0 Å². The molecule has 0 aliphatic rings. The average molecular weight is 240 g/mol. The molecule has 0 unspecified atom stereocenters. The summed E-state index contributed by atoms with van der Waals surface area (Å²) in [4.78, 5) is 5.50. The van der Waals surface area contributed by atoms with Crippen molar-refractivity contribution in [2.45, 2.75) is 58.4 Å². The van der Waals surface area contributed by atoms with Crippen molar-refractivity contribution >= 4 is 8.32 Å². The van der Waals surface area contributed by atoms with Crippen LogP contribution in [0.25, 0.3) is 0 Å². The summed E-state index contributed by atoms with van der Waals surface area (Å²) < 4.78 is 5.67. The molecule has 0 heterocycles. The zero-order valence-electron chi connectivity index (χ0n) is 11.5. The molecule has 0 amide bonds. The highest BCUT2D eigenvalue weighted by Gasteiger charge is 2.40. The zero-order valence-corrected chi connectivity index (χ0v) is 12.5. The molecule has 0 aromatic carbocycles. The topological polar surface area (TPSA) is 18.5 Å². The first-order chi connectivity index (χ1) is 7.02. The van der Waals surface area contributed by atoms with Crippen LogP contribution in [0.15, 0.2) is 12.2 Å². The number of terminal acetylenes is 1. The SMILES string of the molecule is C#C/C=C/C(C)(C)OO[Si](C)(C)C(C)(C)C. The van der Waals surface area contributed by atoms with Crippen molar-refractivity contribution in [2.24, 2.45) is 0 Å². The Hall–Kier alpha value is -0.563. The first-order valence-corrected chi connectivity index (χ1v) is 8.43. The van der Waals surface area contributed by atoms with Gasteiger partial charge in [0.05, 0.1) is 0 Å². The number of rotatable bonds is 4. The summed E-state index contributed by atoms with van der Waals surface area (Å²) in [5.74, 6) is 2.45. The molecule has 0 atom stereocenters. The lowest BCUT2D eigenvalue weighted by atomic mass is 10.1. The van der Waals surface area contributed by atoms with Crippen LogP contribution in [0.4, 0.5) is 0 Å². The first kappa shape index (κ1) is 15.4. The highest BCUT2D eigenvalue weighted by atomic mass is 28.4. The van der Waals surface area contributed by atoms with E-state index in [0.29, 0.717) is 0 Å². The molecule has 0 fully saturated rings. The van der Waals surface area contributed by atoms with Gasteiger partial charge in [-0.2, -0.15) is 0 Å². The van der Waals surface area contributed by atoms with E-state index in [1.165, 1.54) is 0 Å². The Morgan fingerprint density at radius 2 is 1.62 bits per heavy atom. The minimum atomic E-state index is -1.86. The summed E-state index contributed by atoms with van der Waals surface area (Å²) in [7, 11) is -1.86. The maximum atomic E-state index is 5.67. The summed E-state index contributed by atoms with van der Waals surface area (Å²) in [5.41, 5.74) is -0.484. The number of allylic oxidation sites excluding steroid dienone is 1. The lowest BCUT2D eigenvalue weighted by molar-refractivity contribution is -0.276. The van der Waals surface area contributed by atoms with Crippen LogP contribution in [0.5, 0.6) is 0 Å². The van der Waals surface area contributed by atoms with Gasteiger partial charge in [-0.05, 0) is 44.1 Å². The standard InChI is InChI=1S/C13H24O2Si/c1-9-10-11-13(5,6)14-15-16(7,8)12(2,3)4/h1,10-11H,2-8H3/b11-10+. The Labute approximate surface area is 101 Å². The second-order valence-corrected chi connectivity index (χ2v) is 10.7. The molecule has 0 aliphatic heterocycles. The minimum absolute atomic E-state index is 0.138. The van der Waals surface area contributed by atoms with E-state index in [-0.39, 0.29) is 5.04 Å². The Balaban J connectivity index is 4.47. The molecule has 0 aromatic heterocycles. The van der Waals surface area contributed by atoms with Crippen molar-refractivity contribution in [1.82, 2.24) is 0 Å².